The molecule has 0 aliphatic carbocycles. The van der Waals surface area contributed by atoms with Crippen LogP contribution in [0.15, 0.2) is 85.1 Å². The number of carbonyl (C=O) groups is 2. The Labute approximate surface area is 520 Å². The Hall–Kier alpha value is -2.81. The lowest BCUT2D eigenvalue weighted by Gasteiger charge is -2.28. The highest BCUT2D eigenvalue weighted by atomic mass is 31.2. The SMILES string of the molecule is CC/C=C\C/C=C\C/C=C\C/C=C\CCCCCCCCCCCCCCCCCCCCCCCCCCC(=O)OC(COC(=O)CCCCCCCCCC/C=C\C/C=C\C/C=C\CCCCCCC)COP(=O)([O-])OCC[N+](C)(C)C. The zero-order valence-electron chi connectivity index (χ0n) is 55.6. The number of likely N-dealkylation sites (N-methyl/N-ethyl adjacent to an activating group) is 1. The summed E-state index contributed by atoms with van der Waals surface area (Å²) in [5.74, 6) is -0.830. The number of ether oxygens (including phenoxy) is 2. The lowest BCUT2D eigenvalue weighted by atomic mass is 10.0. The van der Waals surface area contributed by atoms with Crippen LogP contribution in [0.3, 0.4) is 0 Å². The summed E-state index contributed by atoms with van der Waals surface area (Å²) < 4.78 is 34.3. The van der Waals surface area contributed by atoms with E-state index in [1.165, 1.54) is 199 Å². The van der Waals surface area contributed by atoms with E-state index in [0.717, 1.165) is 89.9 Å². The van der Waals surface area contributed by atoms with Gasteiger partial charge in [0, 0.05) is 12.8 Å². The number of nitrogens with zero attached hydrogens (tertiary/aromatic N) is 1. The van der Waals surface area contributed by atoms with Gasteiger partial charge in [0.1, 0.15) is 19.8 Å². The van der Waals surface area contributed by atoms with Gasteiger partial charge >= 0.3 is 11.9 Å². The highest BCUT2D eigenvalue weighted by Crippen LogP contribution is 2.38. The first-order chi connectivity index (χ1) is 41.0. The molecule has 10 heteroatoms. The minimum absolute atomic E-state index is 0.0329. The third-order valence-electron chi connectivity index (χ3n) is 15.4. The molecule has 0 aliphatic rings. The van der Waals surface area contributed by atoms with Gasteiger partial charge in [-0.3, -0.25) is 14.2 Å². The summed E-state index contributed by atoms with van der Waals surface area (Å²) in [4.78, 5) is 38.0. The molecule has 0 bridgehead atoms. The first-order valence-corrected chi connectivity index (χ1v) is 36.8. The molecule has 0 saturated carbocycles. The number of phosphoric ester groups is 1. The average molecular weight is 1200 g/mol. The maximum Gasteiger partial charge on any atom is 0.306 e. The number of hydrogen-bond acceptors (Lipinski definition) is 8. The second-order valence-corrected chi connectivity index (χ2v) is 26.3. The van der Waals surface area contributed by atoms with Crippen LogP contribution in [0.2, 0.25) is 0 Å². The van der Waals surface area contributed by atoms with Crippen molar-refractivity contribution >= 4 is 19.8 Å². The Morgan fingerprint density at radius 2 is 0.679 bits per heavy atom. The minimum atomic E-state index is -4.64. The van der Waals surface area contributed by atoms with Crippen molar-refractivity contribution in [1.29, 1.82) is 0 Å². The Morgan fingerprint density at radius 3 is 1.01 bits per heavy atom. The summed E-state index contributed by atoms with van der Waals surface area (Å²) in [5, 5.41) is 0. The molecule has 0 heterocycles. The van der Waals surface area contributed by atoms with Gasteiger partial charge in [-0.25, -0.2) is 0 Å². The minimum Gasteiger partial charge on any atom is -0.756 e. The fraction of sp³-hybridized carbons (Fsp3) is 0.784. The van der Waals surface area contributed by atoms with Gasteiger partial charge in [-0.2, -0.15) is 0 Å². The maximum absolute atomic E-state index is 12.9. The summed E-state index contributed by atoms with van der Waals surface area (Å²) in [6, 6.07) is 0. The molecular formula is C74H134NO8P. The van der Waals surface area contributed by atoms with Gasteiger partial charge in [0.25, 0.3) is 7.82 Å². The zero-order chi connectivity index (χ0) is 61.2. The molecule has 0 aromatic carbocycles. The van der Waals surface area contributed by atoms with Gasteiger partial charge in [-0.1, -0.05) is 304 Å². The Balaban J connectivity index is 3.98. The summed E-state index contributed by atoms with van der Waals surface area (Å²) in [6.45, 7) is 4.14. The van der Waals surface area contributed by atoms with E-state index in [-0.39, 0.29) is 32.0 Å². The van der Waals surface area contributed by atoms with Crippen LogP contribution >= 0.6 is 7.82 Å². The highest BCUT2D eigenvalue weighted by Gasteiger charge is 2.22. The molecule has 0 fully saturated rings. The molecule has 0 amide bonds. The summed E-state index contributed by atoms with van der Waals surface area (Å²) >= 11 is 0. The molecular weight excluding hydrogens is 1060 g/mol. The van der Waals surface area contributed by atoms with Crippen molar-refractivity contribution in [1.82, 2.24) is 0 Å². The van der Waals surface area contributed by atoms with E-state index in [4.69, 9.17) is 18.5 Å². The Morgan fingerprint density at radius 1 is 0.381 bits per heavy atom. The summed E-state index contributed by atoms with van der Waals surface area (Å²) in [7, 11) is 1.17. The predicted octanol–water partition coefficient (Wildman–Crippen LogP) is 22.3. The standard InChI is InChI=1S/C74H134NO8P/c1-6-8-10-12-14-16-18-20-22-24-26-28-30-31-32-33-34-35-36-37-38-39-40-41-42-43-45-47-49-51-53-55-57-59-61-63-65-67-74(77)83-72(71-82-84(78,79)81-69-68-75(3,4)5)70-80-73(76)66-64-62-60-58-56-54-52-50-48-46-44-29-27-25-23-21-19-17-15-13-11-9-7-2/h8,10,14,16,19-22,25-28,44,46,72H,6-7,9,11-13,15,17-18,23-24,29-43,45,47-71H2,1-5H3/b10-8-,16-14-,21-19-,22-20-,27-25-,28-26-,46-44-. The molecule has 0 rings (SSSR count). The van der Waals surface area contributed by atoms with Crippen LogP contribution in [-0.4, -0.2) is 70.0 Å². The molecule has 0 saturated heterocycles. The van der Waals surface area contributed by atoms with E-state index in [2.05, 4.69) is 98.9 Å². The third-order valence-corrected chi connectivity index (χ3v) is 16.4. The van der Waals surface area contributed by atoms with Crippen LogP contribution in [0.25, 0.3) is 0 Å². The first kappa shape index (κ1) is 81.2. The number of rotatable bonds is 65. The fourth-order valence-electron chi connectivity index (χ4n) is 10.0. The van der Waals surface area contributed by atoms with Gasteiger partial charge < -0.3 is 27.9 Å². The fourth-order valence-corrected chi connectivity index (χ4v) is 10.7. The van der Waals surface area contributed by atoms with E-state index in [0.29, 0.717) is 17.4 Å². The molecule has 2 unspecified atom stereocenters. The van der Waals surface area contributed by atoms with Crippen molar-refractivity contribution in [3.8, 4) is 0 Å². The quantitative estimate of drug-likeness (QED) is 0.0195. The summed E-state index contributed by atoms with van der Waals surface area (Å²) in [6.07, 6.45) is 88.1. The lowest BCUT2D eigenvalue weighted by molar-refractivity contribution is -0.870. The van der Waals surface area contributed by atoms with Gasteiger partial charge in [0.05, 0.1) is 27.7 Å². The largest absolute Gasteiger partial charge is 0.756 e. The number of phosphoric acid groups is 1. The number of esters is 2. The second-order valence-electron chi connectivity index (χ2n) is 24.9. The summed E-state index contributed by atoms with van der Waals surface area (Å²) in [5.41, 5.74) is 0. The van der Waals surface area contributed by atoms with Crippen LogP contribution in [0, 0.1) is 0 Å². The number of unbranched alkanes of at least 4 members (excludes halogenated alkanes) is 37. The molecule has 0 aliphatic heterocycles. The molecule has 2 atom stereocenters. The van der Waals surface area contributed by atoms with Crippen molar-refractivity contribution < 1.29 is 42.1 Å². The van der Waals surface area contributed by atoms with Crippen molar-refractivity contribution in [2.45, 2.75) is 328 Å². The molecule has 0 spiro atoms. The topological polar surface area (TPSA) is 111 Å². The van der Waals surface area contributed by atoms with Crippen molar-refractivity contribution in [2.75, 3.05) is 47.5 Å². The molecule has 0 radical (unpaired) electrons. The van der Waals surface area contributed by atoms with E-state index >= 15 is 0 Å². The Kier molecular flexibility index (Phi) is 62.5. The third kappa shape index (κ3) is 68.3. The molecule has 84 heavy (non-hydrogen) atoms. The predicted molar refractivity (Wildman–Crippen MR) is 360 cm³/mol. The Bertz CT molecular complexity index is 1690. The normalized spacial score (nSPS) is 13.6. The van der Waals surface area contributed by atoms with Crippen LogP contribution in [0.1, 0.15) is 322 Å². The number of hydrogen-bond donors (Lipinski definition) is 0. The highest BCUT2D eigenvalue weighted by molar-refractivity contribution is 7.45. The van der Waals surface area contributed by atoms with Gasteiger partial charge in [-0.05, 0) is 89.9 Å². The molecule has 9 nitrogen and oxygen atoms in total. The van der Waals surface area contributed by atoms with Crippen LogP contribution in [0.4, 0.5) is 0 Å². The molecule has 0 N–H and O–H groups in total. The van der Waals surface area contributed by atoms with Crippen LogP contribution in [-0.2, 0) is 32.7 Å². The molecule has 488 valence electrons. The van der Waals surface area contributed by atoms with Crippen molar-refractivity contribution in [3.05, 3.63) is 85.1 Å². The van der Waals surface area contributed by atoms with E-state index < -0.39 is 26.5 Å². The van der Waals surface area contributed by atoms with Gasteiger partial charge in [-0.15, -0.1) is 0 Å². The smallest absolute Gasteiger partial charge is 0.306 e. The van der Waals surface area contributed by atoms with Gasteiger partial charge in [0.2, 0.25) is 0 Å². The molecule has 0 aromatic rings. The zero-order valence-corrected chi connectivity index (χ0v) is 56.5. The monoisotopic (exact) mass is 1200 g/mol. The number of carbonyl (C=O) groups excluding carboxylic acids is 2. The van der Waals surface area contributed by atoms with E-state index in [1.807, 2.05) is 21.1 Å². The molecule has 0 aromatic heterocycles. The van der Waals surface area contributed by atoms with E-state index in [1.54, 1.807) is 0 Å². The maximum atomic E-state index is 12.9. The van der Waals surface area contributed by atoms with Crippen molar-refractivity contribution in [3.63, 3.8) is 0 Å². The second kappa shape index (κ2) is 64.7. The van der Waals surface area contributed by atoms with Crippen molar-refractivity contribution in [2.24, 2.45) is 0 Å². The van der Waals surface area contributed by atoms with Gasteiger partial charge in [0.15, 0.2) is 6.10 Å². The van der Waals surface area contributed by atoms with Crippen LogP contribution < -0.4 is 4.89 Å². The first-order valence-electron chi connectivity index (χ1n) is 35.3. The number of quaternary nitrogens is 1. The lowest BCUT2D eigenvalue weighted by Crippen LogP contribution is -2.37. The number of allylic oxidation sites excluding steroid dienone is 14. The van der Waals surface area contributed by atoms with Crippen LogP contribution in [0.5, 0.6) is 0 Å². The van der Waals surface area contributed by atoms with E-state index in [9.17, 15) is 19.0 Å². The average Bonchev–Trinajstić information content (AvgIpc) is 3.61.